The monoisotopic (exact) mass is 440 g/mol. The van der Waals surface area contributed by atoms with Crippen molar-refractivity contribution < 1.29 is 14.7 Å². The van der Waals surface area contributed by atoms with Crippen molar-refractivity contribution >= 4 is 46.5 Å². The minimum absolute atomic E-state index is 0.0556. The van der Waals surface area contributed by atoms with Gasteiger partial charge in [0, 0.05) is 17.8 Å². The van der Waals surface area contributed by atoms with Crippen LogP contribution in [0, 0.1) is 0 Å². The van der Waals surface area contributed by atoms with Crippen molar-refractivity contribution in [3.63, 3.8) is 0 Å². The Morgan fingerprint density at radius 1 is 1.29 bits per heavy atom. The number of fused-ring (bicyclic) bond motifs is 1. The van der Waals surface area contributed by atoms with E-state index in [1.807, 2.05) is 13.1 Å². The standard InChI is InChI=1S/C20H19Cl3N2O3/c1-11(10-26)25-8-13-3-5-15(22)20(19(13)17(27)9-25)24-18(28)7-12-2-4-14(21)16(23)6-12/h2,4-6,8,11,26H,3,7,9-10H2,1H3,(H,24,28)/t11-/m1/s1. The first kappa shape index (κ1) is 20.9. The number of aliphatic hydroxyl groups excluding tert-OH is 1. The number of hydrogen-bond acceptors (Lipinski definition) is 4. The number of ketones is 1. The lowest BCUT2D eigenvalue weighted by molar-refractivity contribution is -0.119. The van der Waals surface area contributed by atoms with E-state index in [1.165, 1.54) is 0 Å². The van der Waals surface area contributed by atoms with E-state index in [1.54, 1.807) is 29.2 Å². The van der Waals surface area contributed by atoms with Crippen LogP contribution in [-0.4, -0.2) is 40.9 Å². The third-order valence-electron chi connectivity index (χ3n) is 4.68. The van der Waals surface area contributed by atoms with Crippen LogP contribution in [-0.2, 0) is 16.0 Å². The summed E-state index contributed by atoms with van der Waals surface area (Å²) in [5.41, 5.74) is 2.22. The zero-order valence-corrected chi connectivity index (χ0v) is 17.4. The highest BCUT2D eigenvalue weighted by atomic mass is 35.5. The van der Waals surface area contributed by atoms with Crippen molar-refractivity contribution in [3.05, 3.63) is 68.0 Å². The molecule has 1 aliphatic carbocycles. The molecule has 0 spiro atoms. The molecule has 2 aliphatic rings. The number of benzene rings is 1. The van der Waals surface area contributed by atoms with E-state index < -0.39 is 0 Å². The molecule has 1 aliphatic heterocycles. The Morgan fingerprint density at radius 3 is 2.71 bits per heavy atom. The van der Waals surface area contributed by atoms with E-state index >= 15 is 0 Å². The molecule has 1 aromatic carbocycles. The van der Waals surface area contributed by atoms with Crippen LogP contribution in [0.15, 0.2) is 52.4 Å². The summed E-state index contributed by atoms with van der Waals surface area (Å²) in [5.74, 6) is -0.457. The van der Waals surface area contributed by atoms with Crippen molar-refractivity contribution in [1.82, 2.24) is 10.2 Å². The Labute approximate surface area is 178 Å². The second kappa shape index (κ2) is 8.70. The van der Waals surface area contributed by atoms with Crippen molar-refractivity contribution in [2.75, 3.05) is 13.2 Å². The van der Waals surface area contributed by atoms with Crippen LogP contribution in [0.5, 0.6) is 0 Å². The van der Waals surface area contributed by atoms with Crippen LogP contribution in [0.4, 0.5) is 0 Å². The molecule has 0 aromatic heterocycles. The smallest absolute Gasteiger partial charge is 0.228 e. The van der Waals surface area contributed by atoms with E-state index in [4.69, 9.17) is 34.8 Å². The molecular formula is C20H19Cl3N2O3. The van der Waals surface area contributed by atoms with Crippen LogP contribution in [0.2, 0.25) is 10.0 Å². The van der Waals surface area contributed by atoms with Gasteiger partial charge >= 0.3 is 0 Å². The summed E-state index contributed by atoms with van der Waals surface area (Å²) in [6.45, 7) is 1.90. The first-order valence-electron chi connectivity index (χ1n) is 8.75. The van der Waals surface area contributed by atoms with Gasteiger partial charge in [-0.1, -0.05) is 46.9 Å². The highest BCUT2D eigenvalue weighted by Crippen LogP contribution is 2.34. The number of carbonyl (C=O) groups is 2. The van der Waals surface area contributed by atoms with Gasteiger partial charge in [-0.3, -0.25) is 9.59 Å². The number of hydrogen-bond donors (Lipinski definition) is 2. The minimum Gasteiger partial charge on any atom is -0.394 e. The molecule has 1 heterocycles. The van der Waals surface area contributed by atoms with E-state index in [2.05, 4.69) is 5.32 Å². The summed E-state index contributed by atoms with van der Waals surface area (Å²) in [4.78, 5) is 27.1. The number of halogens is 3. The van der Waals surface area contributed by atoms with E-state index in [0.717, 1.165) is 5.57 Å². The highest BCUT2D eigenvalue weighted by Gasteiger charge is 2.31. The van der Waals surface area contributed by atoms with Crippen LogP contribution in [0.1, 0.15) is 18.9 Å². The van der Waals surface area contributed by atoms with Gasteiger partial charge in [0.25, 0.3) is 0 Å². The van der Waals surface area contributed by atoms with Crippen molar-refractivity contribution in [1.29, 1.82) is 0 Å². The van der Waals surface area contributed by atoms with E-state index in [-0.39, 0.29) is 37.3 Å². The molecule has 0 bridgehead atoms. The average molecular weight is 442 g/mol. The van der Waals surface area contributed by atoms with Crippen LogP contribution < -0.4 is 5.32 Å². The molecule has 1 aromatic rings. The Hall–Kier alpha value is -1.79. The molecular weight excluding hydrogens is 423 g/mol. The number of carbonyl (C=O) groups excluding carboxylic acids is 2. The summed E-state index contributed by atoms with van der Waals surface area (Å²) in [5, 5.41) is 13.3. The van der Waals surface area contributed by atoms with Gasteiger partial charge in [-0.15, -0.1) is 0 Å². The largest absolute Gasteiger partial charge is 0.394 e. The minimum atomic E-state index is -0.312. The maximum absolute atomic E-state index is 12.7. The normalized spacial score (nSPS) is 17.8. The summed E-state index contributed by atoms with van der Waals surface area (Å²) in [7, 11) is 0. The first-order valence-corrected chi connectivity index (χ1v) is 9.88. The lowest BCUT2D eigenvalue weighted by atomic mass is 9.89. The molecule has 0 saturated heterocycles. The van der Waals surface area contributed by atoms with Crippen LogP contribution in [0.3, 0.4) is 0 Å². The maximum atomic E-state index is 12.7. The number of amides is 1. The molecule has 28 heavy (non-hydrogen) atoms. The topological polar surface area (TPSA) is 69.6 Å². The summed E-state index contributed by atoms with van der Waals surface area (Å²) < 4.78 is 0. The molecule has 8 heteroatoms. The lowest BCUT2D eigenvalue weighted by Crippen LogP contribution is -2.41. The van der Waals surface area contributed by atoms with Gasteiger partial charge in [0.2, 0.25) is 5.91 Å². The Bertz CT molecular complexity index is 921. The predicted octanol–water partition coefficient (Wildman–Crippen LogP) is 3.58. The molecule has 0 unspecified atom stereocenters. The second-order valence-electron chi connectivity index (χ2n) is 6.76. The molecule has 1 amide bonds. The molecule has 5 nitrogen and oxygen atoms in total. The molecule has 148 valence electrons. The summed E-state index contributed by atoms with van der Waals surface area (Å²) in [6.07, 6.45) is 4.16. The fourth-order valence-corrected chi connectivity index (χ4v) is 3.68. The summed E-state index contributed by atoms with van der Waals surface area (Å²) >= 11 is 18.2. The van der Waals surface area contributed by atoms with Gasteiger partial charge in [-0.25, -0.2) is 0 Å². The molecule has 0 saturated carbocycles. The van der Waals surface area contributed by atoms with Gasteiger partial charge in [0.05, 0.1) is 40.3 Å². The third kappa shape index (κ3) is 4.44. The average Bonchev–Trinajstić information content (AvgIpc) is 2.66. The predicted molar refractivity (Wildman–Crippen MR) is 110 cm³/mol. The lowest BCUT2D eigenvalue weighted by Gasteiger charge is -2.33. The van der Waals surface area contributed by atoms with Gasteiger partial charge < -0.3 is 15.3 Å². The maximum Gasteiger partial charge on any atom is 0.228 e. The fourth-order valence-electron chi connectivity index (χ4n) is 3.14. The Balaban J connectivity index is 1.84. The van der Waals surface area contributed by atoms with Crippen molar-refractivity contribution in [2.45, 2.75) is 25.8 Å². The number of aliphatic hydroxyl groups is 1. The number of nitrogens with one attached hydrogen (secondary N) is 1. The van der Waals surface area contributed by atoms with E-state index in [0.29, 0.717) is 38.3 Å². The third-order valence-corrected chi connectivity index (χ3v) is 5.76. The quantitative estimate of drug-likeness (QED) is 0.733. The van der Waals surface area contributed by atoms with Gasteiger partial charge in [0.1, 0.15) is 0 Å². The number of Topliss-reactive ketones (excluding diaryl/α,β-unsaturated/α-hetero) is 1. The van der Waals surface area contributed by atoms with Gasteiger partial charge in [-0.2, -0.15) is 0 Å². The van der Waals surface area contributed by atoms with Crippen LogP contribution in [0.25, 0.3) is 0 Å². The van der Waals surface area contributed by atoms with E-state index in [9.17, 15) is 14.7 Å². The van der Waals surface area contributed by atoms with Crippen LogP contribution >= 0.6 is 34.8 Å². The Morgan fingerprint density at radius 2 is 2.04 bits per heavy atom. The zero-order chi connectivity index (χ0) is 20.4. The molecule has 1 atom stereocenters. The fraction of sp³-hybridized carbons (Fsp3) is 0.300. The van der Waals surface area contributed by atoms with Crippen molar-refractivity contribution in [2.24, 2.45) is 0 Å². The number of rotatable bonds is 5. The Kier molecular flexibility index (Phi) is 6.50. The highest BCUT2D eigenvalue weighted by molar-refractivity contribution is 6.42. The molecule has 2 N–H and O–H groups in total. The van der Waals surface area contributed by atoms with Crippen molar-refractivity contribution in [3.8, 4) is 0 Å². The van der Waals surface area contributed by atoms with Gasteiger partial charge in [0.15, 0.2) is 5.78 Å². The molecule has 3 rings (SSSR count). The molecule has 0 fully saturated rings. The zero-order valence-electron chi connectivity index (χ0n) is 15.1. The first-order chi connectivity index (χ1) is 13.3. The molecule has 0 radical (unpaired) electrons. The second-order valence-corrected chi connectivity index (χ2v) is 7.98. The number of nitrogens with zero attached hydrogens (tertiary/aromatic N) is 1. The number of allylic oxidation sites excluding steroid dienone is 3. The van der Waals surface area contributed by atoms with Gasteiger partial charge in [-0.05, 0) is 36.6 Å². The SMILES string of the molecule is C[C@H](CO)N1C=C2CC=C(Cl)C(NC(=O)Cc3ccc(Cl)c(Cl)c3)=C2C(=O)C1. The summed E-state index contributed by atoms with van der Waals surface area (Å²) in [6, 6.07) is 4.80.